The second kappa shape index (κ2) is 4.06. The molecule has 1 saturated heterocycles. The molecular formula is C14H14N2O4. The third-order valence-electron chi connectivity index (χ3n) is 4.03. The van der Waals surface area contributed by atoms with Gasteiger partial charge in [0.15, 0.2) is 0 Å². The van der Waals surface area contributed by atoms with Gasteiger partial charge < -0.3 is 10.0 Å². The summed E-state index contributed by atoms with van der Waals surface area (Å²) in [7, 11) is 0. The normalized spacial score (nSPS) is 24.6. The fourth-order valence-electron chi connectivity index (χ4n) is 3.19. The third kappa shape index (κ3) is 1.31. The molecule has 2 heterocycles. The maximum atomic E-state index is 12.5. The van der Waals surface area contributed by atoms with Crippen LogP contribution >= 0.6 is 0 Å². The van der Waals surface area contributed by atoms with Crippen molar-refractivity contribution < 1.29 is 19.5 Å². The largest absolute Gasteiger partial charge is 0.478 e. The fraction of sp³-hybridized carbons (Fsp3) is 0.357. The van der Waals surface area contributed by atoms with Gasteiger partial charge in [-0.15, -0.1) is 0 Å². The molecule has 0 aromatic heterocycles. The predicted octanol–water partition coefficient (Wildman–Crippen LogP) is 1.07. The summed E-state index contributed by atoms with van der Waals surface area (Å²) in [5.74, 6) is -1.75. The lowest BCUT2D eigenvalue weighted by molar-refractivity contribution is -0.150. The molecular weight excluding hydrogens is 260 g/mol. The summed E-state index contributed by atoms with van der Waals surface area (Å²) in [6.45, 7) is 1.96. The van der Waals surface area contributed by atoms with Gasteiger partial charge in [-0.1, -0.05) is 12.1 Å². The van der Waals surface area contributed by atoms with Crippen molar-refractivity contribution in [2.24, 2.45) is 0 Å². The maximum absolute atomic E-state index is 12.5. The van der Waals surface area contributed by atoms with Crippen LogP contribution in [0, 0.1) is 0 Å². The second-order valence-corrected chi connectivity index (χ2v) is 4.92. The Hall–Kier alpha value is -2.37. The van der Waals surface area contributed by atoms with Gasteiger partial charge in [0.05, 0.1) is 11.3 Å². The van der Waals surface area contributed by atoms with E-state index in [2.05, 4.69) is 0 Å². The molecule has 0 saturated carbocycles. The van der Waals surface area contributed by atoms with E-state index in [4.69, 9.17) is 0 Å². The molecule has 0 radical (unpaired) electrons. The Balaban J connectivity index is 2.31. The number of hydrogen-bond donors (Lipinski definition) is 1. The highest BCUT2D eigenvalue weighted by Gasteiger charge is 2.60. The van der Waals surface area contributed by atoms with Crippen molar-refractivity contribution >= 4 is 23.5 Å². The Morgan fingerprint density at radius 1 is 1.35 bits per heavy atom. The van der Waals surface area contributed by atoms with Gasteiger partial charge in [-0.3, -0.25) is 14.5 Å². The first-order valence-corrected chi connectivity index (χ1v) is 6.51. The highest BCUT2D eigenvalue weighted by Crippen LogP contribution is 2.44. The zero-order valence-corrected chi connectivity index (χ0v) is 11.0. The molecule has 1 aromatic rings. The van der Waals surface area contributed by atoms with E-state index in [1.807, 2.05) is 0 Å². The number of amides is 2. The van der Waals surface area contributed by atoms with Crippen molar-refractivity contribution in [2.75, 3.05) is 11.4 Å². The van der Waals surface area contributed by atoms with Gasteiger partial charge in [-0.25, -0.2) is 4.79 Å². The minimum Gasteiger partial charge on any atom is -0.478 e. The summed E-state index contributed by atoms with van der Waals surface area (Å²) in [5, 5.41) is 9.67. The number of nitrogens with zero attached hydrogens (tertiary/aromatic N) is 2. The number of benzene rings is 1. The van der Waals surface area contributed by atoms with Crippen molar-refractivity contribution in [2.45, 2.75) is 25.4 Å². The van der Waals surface area contributed by atoms with E-state index < -0.39 is 11.6 Å². The number of carboxylic acids is 1. The van der Waals surface area contributed by atoms with Crippen molar-refractivity contribution in [3.8, 4) is 0 Å². The molecule has 2 amide bonds. The Kier molecular flexibility index (Phi) is 2.57. The van der Waals surface area contributed by atoms with Gasteiger partial charge in [-0.2, -0.15) is 0 Å². The number of fused-ring (bicyclic) bond motifs is 3. The lowest BCUT2D eigenvalue weighted by Crippen LogP contribution is -2.67. The van der Waals surface area contributed by atoms with E-state index in [1.54, 1.807) is 31.2 Å². The van der Waals surface area contributed by atoms with E-state index in [1.165, 1.54) is 9.80 Å². The number of likely N-dealkylation sites (N-methyl/N-ethyl adjacent to an activating group) is 1. The highest BCUT2D eigenvalue weighted by atomic mass is 16.4. The Labute approximate surface area is 115 Å². The second-order valence-electron chi connectivity index (χ2n) is 4.92. The topological polar surface area (TPSA) is 77.9 Å². The Morgan fingerprint density at radius 3 is 2.70 bits per heavy atom. The number of hydrogen-bond acceptors (Lipinski definition) is 3. The molecule has 0 aliphatic carbocycles. The summed E-state index contributed by atoms with van der Waals surface area (Å²) in [6.07, 6.45) is 0.249. The molecule has 3 rings (SSSR count). The van der Waals surface area contributed by atoms with E-state index in [0.717, 1.165) is 0 Å². The lowest BCUT2D eigenvalue weighted by Gasteiger charge is -2.47. The number of carboxylic acid groups (broad SMARTS) is 1. The molecule has 6 heteroatoms. The Morgan fingerprint density at radius 2 is 2.05 bits per heavy atom. The molecule has 104 valence electrons. The standard InChI is InChI=1S/C14H14N2O4/c1-2-15-12(18)9-5-3-4-6-10(9)16-11(17)7-8-14(15,16)13(19)20/h3-6H,2,7-8H2,1H3,(H,19,20)/t14-/m1/s1. The van der Waals surface area contributed by atoms with Crippen molar-refractivity contribution in [1.82, 2.24) is 4.90 Å². The molecule has 6 nitrogen and oxygen atoms in total. The van der Waals surface area contributed by atoms with Crippen LogP contribution in [0.3, 0.4) is 0 Å². The van der Waals surface area contributed by atoms with Gasteiger partial charge in [0.2, 0.25) is 11.6 Å². The monoisotopic (exact) mass is 274 g/mol. The minimum atomic E-state index is -1.57. The molecule has 1 aromatic carbocycles. The average molecular weight is 274 g/mol. The first-order valence-electron chi connectivity index (χ1n) is 6.51. The molecule has 1 fully saturated rings. The van der Waals surface area contributed by atoms with Gasteiger partial charge in [0, 0.05) is 19.4 Å². The highest BCUT2D eigenvalue weighted by molar-refractivity contribution is 6.15. The SMILES string of the molecule is CCN1C(=O)c2ccccc2N2C(=O)CC[C@@]12C(=O)O. The van der Waals surface area contributed by atoms with Crippen LogP contribution in [-0.2, 0) is 9.59 Å². The smallest absolute Gasteiger partial charge is 0.351 e. The van der Waals surface area contributed by atoms with Crippen molar-refractivity contribution in [3.63, 3.8) is 0 Å². The lowest BCUT2D eigenvalue weighted by atomic mass is 9.97. The molecule has 0 bridgehead atoms. The number of carbonyl (C=O) groups excluding carboxylic acids is 2. The van der Waals surface area contributed by atoms with E-state index >= 15 is 0 Å². The third-order valence-corrected chi connectivity index (χ3v) is 4.03. The van der Waals surface area contributed by atoms with Crippen LogP contribution in [0.5, 0.6) is 0 Å². The summed E-state index contributed by atoms with van der Waals surface area (Å²) >= 11 is 0. The fourth-order valence-corrected chi connectivity index (χ4v) is 3.19. The van der Waals surface area contributed by atoms with Crippen LogP contribution < -0.4 is 4.90 Å². The van der Waals surface area contributed by atoms with E-state index in [-0.39, 0.29) is 31.2 Å². The number of anilines is 1. The molecule has 20 heavy (non-hydrogen) atoms. The van der Waals surface area contributed by atoms with Crippen LogP contribution in [0.4, 0.5) is 5.69 Å². The van der Waals surface area contributed by atoms with Gasteiger partial charge in [0.1, 0.15) is 0 Å². The van der Waals surface area contributed by atoms with Crippen LogP contribution in [0.2, 0.25) is 0 Å². The van der Waals surface area contributed by atoms with Gasteiger partial charge in [0.25, 0.3) is 5.91 Å². The maximum Gasteiger partial charge on any atom is 0.351 e. The van der Waals surface area contributed by atoms with Gasteiger partial charge in [-0.05, 0) is 19.1 Å². The number of carbonyl (C=O) groups is 3. The first-order chi connectivity index (χ1) is 9.54. The zero-order valence-electron chi connectivity index (χ0n) is 11.0. The van der Waals surface area contributed by atoms with Crippen LogP contribution in [0.25, 0.3) is 0 Å². The molecule has 1 atom stereocenters. The van der Waals surface area contributed by atoms with Crippen molar-refractivity contribution in [3.05, 3.63) is 29.8 Å². The van der Waals surface area contributed by atoms with Gasteiger partial charge >= 0.3 is 5.97 Å². The summed E-state index contributed by atoms with van der Waals surface area (Å²) in [4.78, 5) is 39.1. The van der Waals surface area contributed by atoms with E-state index in [9.17, 15) is 19.5 Å². The zero-order chi connectivity index (χ0) is 14.5. The summed E-state index contributed by atoms with van der Waals surface area (Å²) < 4.78 is 0. The number of rotatable bonds is 2. The predicted molar refractivity (Wildman–Crippen MR) is 70.2 cm³/mol. The van der Waals surface area contributed by atoms with E-state index in [0.29, 0.717) is 11.3 Å². The molecule has 2 aliphatic heterocycles. The summed E-state index contributed by atoms with van der Waals surface area (Å²) in [5.41, 5.74) is -0.800. The molecule has 0 spiro atoms. The van der Waals surface area contributed by atoms with Crippen LogP contribution in [0.15, 0.2) is 24.3 Å². The number of aliphatic carboxylic acids is 1. The molecule has 1 N–H and O–H groups in total. The van der Waals surface area contributed by atoms with Crippen molar-refractivity contribution in [1.29, 1.82) is 0 Å². The number of para-hydroxylation sites is 1. The molecule has 0 unspecified atom stereocenters. The van der Waals surface area contributed by atoms with Crippen LogP contribution in [0.1, 0.15) is 30.1 Å². The summed E-state index contributed by atoms with van der Waals surface area (Å²) in [6, 6.07) is 6.66. The average Bonchev–Trinajstić information content (AvgIpc) is 2.79. The Bertz CT molecular complexity index is 627. The quantitative estimate of drug-likeness (QED) is 0.875. The minimum absolute atomic E-state index is 0.120. The molecule has 2 aliphatic rings. The van der Waals surface area contributed by atoms with Crippen LogP contribution in [-0.4, -0.2) is 40.0 Å². The first kappa shape index (κ1) is 12.7.